The lowest BCUT2D eigenvalue weighted by atomic mass is 10.2. The van der Waals surface area contributed by atoms with Crippen molar-refractivity contribution in [3.05, 3.63) is 39.0 Å². The Hall–Kier alpha value is -1.38. The monoisotopic (exact) mass is 367 g/mol. The summed E-state index contributed by atoms with van der Waals surface area (Å²) in [5.41, 5.74) is 2.78. The summed E-state index contributed by atoms with van der Waals surface area (Å²) in [7, 11) is 0. The molecule has 1 N–H and O–H groups in total. The number of rotatable bonds is 6. The van der Waals surface area contributed by atoms with E-state index in [9.17, 15) is 9.59 Å². The van der Waals surface area contributed by atoms with Gasteiger partial charge in [-0.2, -0.15) is 0 Å². The number of aromatic nitrogens is 1. The number of nitrogens with one attached hydrogen (secondary N) is 1. The molecule has 0 spiro atoms. The van der Waals surface area contributed by atoms with Gasteiger partial charge < -0.3 is 10.2 Å². The Balaban J connectivity index is 1.51. The molecule has 5 nitrogen and oxygen atoms in total. The number of nitrogens with zero attached hydrogens (tertiary/aromatic N) is 2. The molecule has 1 aliphatic heterocycles. The molecule has 0 aliphatic carbocycles. The van der Waals surface area contributed by atoms with E-state index in [-0.39, 0.29) is 17.9 Å². The molecule has 1 fully saturated rings. The van der Waals surface area contributed by atoms with Crippen molar-refractivity contribution in [1.29, 1.82) is 0 Å². The molecule has 0 bridgehead atoms. The summed E-state index contributed by atoms with van der Waals surface area (Å²) in [5, 5.41) is 6.87. The molecule has 2 amide bonds. The zero-order valence-electron chi connectivity index (χ0n) is 12.4. The fourth-order valence-electron chi connectivity index (χ4n) is 2.36. The van der Waals surface area contributed by atoms with Crippen LogP contribution in [0.2, 0.25) is 0 Å². The molecule has 0 radical (unpaired) electrons. The average Bonchev–Trinajstić information content (AvgIpc) is 3.29. The van der Waals surface area contributed by atoms with Crippen LogP contribution >= 0.6 is 34.4 Å². The van der Waals surface area contributed by atoms with Crippen LogP contribution in [0.1, 0.15) is 10.6 Å². The number of thiophene rings is 1. The van der Waals surface area contributed by atoms with E-state index in [4.69, 9.17) is 0 Å². The van der Waals surface area contributed by atoms with Gasteiger partial charge in [-0.05, 0) is 11.4 Å². The smallest absolute Gasteiger partial charge is 0.243 e. The molecule has 122 valence electrons. The number of thioether (sulfide) groups is 1. The molecule has 3 rings (SSSR count). The van der Waals surface area contributed by atoms with Gasteiger partial charge in [-0.1, -0.05) is 6.07 Å². The number of carbonyl (C=O) groups is 2. The third-order valence-electron chi connectivity index (χ3n) is 3.57. The number of hydrogen-bond acceptors (Lipinski definition) is 6. The minimum atomic E-state index is -0.358. The molecule has 8 heteroatoms. The minimum Gasteiger partial charge on any atom is -0.354 e. The molecular weight excluding hydrogens is 350 g/mol. The van der Waals surface area contributed by atoms with Gasteiger partial charge in [-0.3, -0.25) is 9.59 Å². The van der Waals surface area contributed by atoms with Crippen LogP contribution < -0.4 is 5.32 Å². The summed E-state index contributed by atoms with van der Waals surface area (Å²) < 4.78 is 0. The number of thiazole rings is 1. The van der Waals surface area contributed by atoms with Crippen molar-refractivity contribution >= 4 is 46.2 Å². The van der Waals surface area contributed by atoms with Crippen LogP contribution in [0.15, 0.2) is 28.4 Å². The van der Waals surface area contributed by atoms with Crippen LogP contribution in [-0.2, 0) is 22.4 Å². The van der Waals surface area contributed by atoms with E-state index in [0.29, 0.717) is 24.6 Å². The number of hydrogen-bond donors (Lipinski definition) is 1. The molecule has 0 aromatic carbocycles. The van der Waals surface area contributed by atoms with Crippen molar-refractivity contribution < 1.29 is 9.59 Å². The second-order valence-corrected chi connectivity index (χ2v) is 7.91. The van der Waals surface area contributed by atoms with Gasteiger partial charge in [0, 0.05) is 29.0 Å². The third-order valence-corrected chi connectivity index (χ3v) is 6.10. The first-order valence-corrected chi connectivity index (χ1v) is 10.3. The first-order chi connectivity index (χ1) is 11.2. The molecule has 1 aliphatic rings. The van der Waals surface area contributed by atoms with Gasteiger partial charge in [-0.15, -0.1) is 34.4 Å². The average molecular weight is 368 g/mol. The number of carbonyl (C=O) groups excluding carboxylic acids is 2. The fourth-order valence-corrected chi connectivity index (χ4v) is 4.83. The highest BCUT2D eigenvalue weighted by atomic mass is 32.2. The topological polar surface area (TPSA) is 62.3 Å². The Morgan fingerprint density at radius 3 is 3.09 bits per heavy atom. The molecular formula is C15H17N3O2S3. The Bertz CT molecular complexity index is 643. The van der Waals surface area contributed by atoms with E-state index < -0.39 is 0 Å². The van der Waals surface area contributed by atoms with Crippen molar-refractivity contribution in [2.45, 2.75) is 18.9 Å². The van der Waals surface area contributed by atoms with Crippen LogP contribution in [0.4, 0.5) is 0 Å². The van der Waals surface area contributed by atoms with Gasteiger partial charge in [0.05, 0.1) is 23.5 Å². The lowest BCUT2D eigenvalue weighted by Crippen LogP contribution is -2.48. The van der Waals surface area contributed by atoms with E-state index >= 15 is 0 Å². The molecule has 0 unspecified atom stereocenters. The first-order valence-electron chi connectivity index (χ1n) is 7.28. The molecule has 23 heavy (non-hydrogen) atoms. The Morgan fingerprint density at radius 2 is 2.35 bits per heavy atom. The zero-order chi connectivity index (χ0) is 16.1. The quantitative estimate of drug-likeness (QED) is 0.848. The Kier molecular flexibility index (Phi) is 5.69. The maximum absolute atomic E-state index is 12.4. The van der Waals surface area contributed by atoms with Crippen LogP contribution in [-0.4, -0.2) is 45.9 Å². The summed E-state index contributed by atoms with van der Waals surface area (Å²) in [4.78, 5) is 31.7. The Labute approximate surface area is 147 Å². The normalized spacial score (nSPS) is 17.4. The predicted molar refractivity (Wildman–Crippen MR) is 94.8 cm³/mol. The van der Waals surface area contributed by atoms with Gasteiger partial charge in [0.15, 0.2) is 0 Å². The van der Waals surface area contributed by atoms with Gasteiger partial charge in [-0.25, -0.2) is 4.98 Å². The second-order valence-electron chi connectivity index (χ2n) is 5.16. The SMILES string of the molecule is O=C(NCCc1cscn1)[C@H]1CSCN1C(=O)Cc1cccs1. The van der Waals surface area contributed by atoms with Crippen LogP contribution in [0.5, 0.6) is 0 Å². The standard InChI is InChI=1S/C15H17N3O2S3/c19-14(6-12-2-1-5-23-12)18-10-22-8-13(18)15(20)16-4-3-11-7-21-9-17-11/h1-2,5,7,9,13H,3-4,6,8,10H2,(H,16,20)/t13-/m1/s1. The van der Waals surface area contributed by atoms with Crippen molar-refractivity contribution in [2.75, 3.05) is 18.2 Å². The van der Waals surface area contributed by atoms with Crippen LogP contribution in [0.3, 0.4) is 0 Å². The predicted octanol–water partition coefficient (Wildman–Crippen LogP) is 2.01. The van der Waals surface area contributed by atoms with Crippen molar-refractivity contribution in [2.24, 2.45) is 0 Å². The molecule has 2 aromatic heterocycles. The maximum Gasteiger partial charge on any atom is 0.243 e. The van der Waals surface area contributed by atoms with Crippen LogP contribution in [0, 0.1) is 0 Å². The summed E-state index contributed by atoms with van der Waals surface area (Å²) >= 11 is 4.75. The summed E-state index contributed by atoms with van der Waals surface area (Å²) in [6.07, 6.45) is 1.10. The van der Waals surface area contributed by atoms with E-state index in [1.165, 1.54) is 0 Å². The summed E-state index contributed by atoms with van der Waals surface area (Å²) in [5.74, 6) is 1.22. The highest BCUT2D eigenvalue weighted by Gasteiger charge is 2.34. The van der Waals surface area contributed by atoms with E-state index in [2.05, 4.69) is 10.3 Å². The zero-order valence-corrected chi connectivity index (χ0v) is 14.9. The van der Waals surface area contributed by atoms with E-state index in [0.717, 1.165) is 17.0 Å². The van der Waals surface area contributed by atoms with Crippen LogP contribution in [0.25, 0.3) is 0 Å². The van der Waals surface area contributed by atoms with Crippen molar-refractivity contribution in [1.82, 2.24) is 15.2 Å². The fraction of sp³-hybridized carbons (Fsp3) is 0.400. The van der Waals surface area contributed by atoms with Gasteiger partial charge in [0.1, 0.15) is 6.04 Å². The van der Waals surface area contributed by atoms with Gasteiger partial charge in [0.2, 0.25) is 11.8 Å². The van der Waals surface area contributed by atoms with Gasteiger partial charge in [0.25, 0.3) is 0 Å². The van der Waals surface area contributed by atoms with Gasteiger partial charge >= 0.3 is 0 Å². The van der Waals surface area contributed by atoms with E-state index in [1.54, 1.807) is 44.8 Å². The van der Waals surface area contributed by atoms with Crippen molar-refractivity contribution in [3.8, 4) is 0 Å². The van der Waals surface area contributed by atoms with E-state index in [1.807, 2.05) is 22.9 Å². The summed E-state index contributed by atoms with van der Waals surface area (Å²) in [6.45, 7) is 0.552. The molecule has 3 heterocycles. The third kappa shape index (κ3) is 4.33. The molecule has 1 atom stereocenters. The molecule has 0 saturated carbocycles. The highest BCUT2D eigenvalue weighted by molar-refractivity contribution is 7.99. The molecule has 2 aromatic rings. The first kappa shape index (κ1) is 16.5. The second kappa shape index (κ2) is 7.94. The summed E-state index contributed by atoms with van der Waals surface area (Å²) in [6, 6.07) is 3.53. The van der Waals surface area contributed by atoms with Crippen molar-refractivity contribution in [3.63, 3.8) is 0 Å². The largest absolute Gasteiger partial charge is 0.354 e. The molecule has 1 saturated heterocycles. The number of amides is 2. The lowest BCUT2D eigenvalue weighted by Gasteiger charge is -2.22. The minimum absolute atomic E-state index is 0.0251. The lowest BCUT2D eigenvalue weighted by molar-refractivity contribution is -0.137. The Morgan fingerprint density at radius 1 is 1.43 bits per heavy atom. The highest BCUT2D eigenvalue weighted by Crippen LogP contribution is 2.23. The maximum atomic E-state index is 12.4.